The van der Waals surface area contributed by atoms with Gasteiger partial charge in [0.15, 0.2) is 0 Å². The molecule has 0 radical (unpaired) electrons. The maximum Gasteiger partial charge on any atom is 0.303 e. The summed E-state index contributed by atoms with van der Waals surface area (Å²) in [5.74, 6) is -0.0730. The van der Waals surface area contributed by atoms with Gasteiger partial charge in [-0.3, -0.25) is 9.59 Å². The van der Waals surface area contributed by atoms with Crippen LogP contribution in [-0.4, -0.2) is 34.5 Å². The van der Waals surface area contributed by atoms with Gasteiger partial charge in [-0.15, -0.1) is 0 Å². The first-order chi connectivity index (χ1) is 16.8. The molecular formula is C27H29NO5. The summed E-state index contributed by atoms with van der Waals surface area (Å²) in [6.07, 6.45) is 4.19. The zero-order chi connectivity index (χ0) is 25.0. The van der Waals surface area contributed by atoms with Crippen LogP contribution in [0.25, 0.3) is 11.3 Å². The molecule has 0 saturated carbocycles. The zero-order valence-corrected chi connectivity index (χ0v) is 18.6. The van der Waals surface area contributed by atoms with Crippen molar-refractivity contribution in [3.63, 3.8) is 0 Å². The van der Waals surface area contributed by atoms with Gasteiger partial charge in [0.1, 0.15) is 11.5 Å². The molecule has 172 valence electrons. The number of carbonyl (C=O) groups is 2. The second-order valence-corrected chi connectivity index (χ2v) is 8.24. The van der Waals surface area contributed by atoms with E-state index in [2.05, 4.69) is 0 Å². The number of carboxylic acids is 1. The molecule has 1 unspecified atom stereocenters. The molecular weight excluding hydrogens is 418 g/mol. The number of nitrogens with zero attached hydrogens (tertiary/aromatic N) is 1. The molecule has 0 spiro atoms. The second-order valence-electron chi connectivity index (χ2n) is 8.24. The Hall–Kier alpha value is -3.54. The average molecular weight is 450 g/mol. The van der Waals surface area contributed by atoms with Crippen molar-refractivity contribution >= 4 is 11.9 Å². The van der Waals surface area contributed by atoms with Crippen molar-refractivity contribution in [2.24, 2.45) is 0 Å². The number of hydrogen-bond acceptors (Lipinski definition) is 4. The van der Waals surface area contributed by atoms with Crippen LogP contribution in [0.3, 0.4) is 0 Å². The lowest BCUT2D eigenvalue weighted by molar-refractivity contribution is -0.137. The molecule has 1 N–H and O–H groups in total. The van der Waals surface area contributed by atoms with Gasteiger partial charge in [-0.05, 0) is 68.5 Å². The van der Waals surface area contributed by atoms with Crippen molar-refractivity contribution in [2.75, 3.05) is 6.61 Å². The maximum atomic E-state index is 13.5. The number of para-hydroxylation sites is 1. The fraction of sp³-hybridized carbons (Fsp3) is 0.333. The quantitative estimate of drug-likeness (QED) is 0.410. The summed E-state index contributed by atoms with van der Waals surface area (Å²) in [4.78, 5) is 25.5. The van der Waals surface area contributed by atoms with Crippen LogP contribution in [0.2, 0.25) is 0 Å². The Morgan fingerprint density at radius 1 is 1.18 bits per heavy atom. The summed E-state index contributed by atoms with van der Waals surface area (Å²) in [5.41, 5.74) is 2.53. The number of furan rings is 1. The fourth-order valence-electron chi connectivity index (χ4n) is 4.02. The van der Waals surface area contributed by atoms with Gasteiger partial charge in [-0.25, -0.2) is 0 Å². The van der Waals surface area contributed by atoms with Gasteiger partial charge in [0.05, 0.1) is 15.6 Å². The van der Waals surface area contributed by atoms with Crippen LogP contribution in [0.4, 0.5) is 0 Å². The van der Waals surface area contributed by atoms with Gasteiger partial charge in [0.25, 0.3) is 5.91 Å². The van der Waals surface area contributed by atoms with Gasteiger partial charge in [-0.2, -0.15) is 0 Å². The van der Waals surface area contributed by atoms with Crippen molar-refractivity contribution in [2.45, 2.75) is 51.6 Å². The minimum Gasteiger partial charge on any atom is -0.493 e. The van der Waals surface area contributed by atoms with E-state index in [1.165, 1.54) is 4.90 Å². The molecule has 2 aromatic carbocycles. The van der Waals surface area contributed by atoms with Crippen LogP contribution in [0.5, 0.6) is 5.75 Å². The normalized spacial score (nSPS) is 16.7. The largest absolute Gasteiger partial charge is 0.493 e. The number of amides is 1. The number of carboxylic acid groups (broad SMARTS) is 1. The molecule has 1 aliphatic rings. The molecule has 6 nitrogen and oxygen atoms in total. The lowest BCUT2D eigenvalue weighted by Gasteiger charge is -2.35. The van der Waals surface area contributed by atoms with Gasteiger partial charge < -0.3 is 19.2 Å². The lowest BCUT2D eigenvalue weighted by Crippen LogP contribution is -2.43. The third kappa shape index (κ3) is 5.45. The number of ether oxygens (including phenoxy) is 1. The molecule has 33 heavy (non-hydrogen) atoms. The van der Waals surface area contributed by atoms with E-state index < -0.39 is 12.5 Å². The molecule has 1 aromatic heterocycles. The van der Waals surface area contributed by atoms with E-state index in [-0.39, 0.29) is 18.4 Å². The van der Waals surface area contributed by atoms with Crippen molar-refractivity contribution in [1.29, 1.82) is 0 Å². The van der Waals surface area contributed by atoms with Gasteiger partial charge in [-0.1, -0.05) is 24.3 Å². The van der Waals surface area contributed by atoms with Crippen LogP contribution in [0.1, 0.15) is 56.8 Å². The molecule has 6 heteroatoms. The number of hydrogen-bond donors (Lipinski definition) is 1. The average Bonchev–Trinajstić information content (AvgIpc) is 3.36. The SMILES string of the molecule is [2H]C([2H])(c1ccccc1OCCCCCC(=O)O)N1C(=O)c2ccc(-c3ccco3)cc2CC1C. The first-order valence-electron chi connectivity index (χ1n) is 12.2. The van der Waals surface area contributed by atoms with E-state index >= 15 is 0 Å². The highest BCUT2D eigenvalue weighted by Crippen LogP contribution is 2.31. The van der Waals surface area contributed by atoms with E-state index in [0.717, 1.165) is 16.9 Å². The van der Waals surface area contributed by atoms with Crippen molar-refractivity contribution in [1.82, 2.24) is 4.90 Å². The summed E-state index contributed by atoms with van der Waals surface area (Å²) in [6.45, 7) is 0.104. The topological polar surface area (TPSA) is 80.0 Å². The highest BCUT2D eigenvalue weighted by molar-refractivity contribution is 5.97. The van der Waals surface area contributed by atoms with E-state index in [0.29, 0.717) is 49.2 Å². The first kappa shape index (κ1) is 20.1. The molecule has 0 bridgehead atoms. The molecule has 2 heterocycles. The number of fused-ring (bicyclic) bond motifs is 1. The minimum atomic E-state index is -2.09. The van der Waals surface area contributed by atoms with Crippen LogP contribution in [-0.2, 0) is 17.7 Å². The summed E-state index contributed by atoms with van der Waals surface area (Å²) in [5, 5.41) is 8.75. The predicted molar refractivity (Wildman–Crippen MR) is 125 cm³/mol. The van der Waals surface area contributed by atoms with E-state index in [4.69, 9.17) is 17.0 Å². The summed E-state index contributed by atoms with van der Waals surface area (Å²) >= 11 is 0. The molecule has 1 atom stereocenters. The Morgan fingerprint density at radius 2 is 2.03 bits per heavy atom. The van der Waals surface area contributed by atoms with Gasteiger partial charge in [0, 0.05) is 35.6 Å². The fourth-order valence-corrected chi connectivity index (χ4v) is 4.02. The van der Waals surface area contributed by atoms with Crippen LogP contribution >= 0.6 is 0 Å². The molecule has 0 fully saturated rings. The molecule has 0 saturated heterocycles. The first-order valence-corrected chi connectivity index (χ1v) is 11.2. The second kappa shape index (κ2) is 10.4. The number of aliphatic carboxylic acids is 1. The number of unbranched alkanes of at least 4 members (excludes halogenated alkanes) is 2. The molecule has 3 aromatic rings. The third-order valence-electron chi connectivity index (χ3n) is 5.74. The highest BCUT2D eigenvalue weighted by atomic mass is 16.5. The molecule has 1 amide bonds. The standard InChI is InChI=1S/C27H29NO5/c1-19-16-22-17-20(24-10-7-15-33-24)12-13-23(22)27(31)28(19)18-21-8-4-5-9-25(21)32-14-6-2-3-11-26(29)30/h4-5,7-10,12-13,15,17,19H,2-3,6,11,14,16,18H2,1H3,(H,29,30)/i18D2. The number of rotatable bonds is 10. The maximum absolute atomic E-state index is 13.5. The zero-order valence-electron chi connectivity index (χ0n) is 20.6. The Balaban J connectivity index is 1.53. The molecule has 1 aliphatic heterocycles. The summed E-state index contributed by atoms with van der Waals surface area (Å²) in [6, 6.07) is 15.7. The predicted octanol–water partition coefficient (Wildman–Crippen LogP) is 5.56. The minimum absolute atomic E-state index is 0.124. The van der Waals surface area contributed by atoms with Crippen LogP contribution in [0, 0.1) is 0 Å². The van der Waals surface area contributed by atoms with E-state index in [9.17, 15) is 9.59 Å². The summed E-state index contributed by atoms with van der Waals surface area (Å²) in [7, 11) is 0. The Labute approximate surface area is 196 Å². The van der Waals surface area contributed by atoms with E-state index in [1.54, 1.807) is 36.6 Å². The van der Waals surface area contributed by atoms with Crippen LogP contribution < -0.4 is 4.74 Å². The monoisotopic (exact) mass is 449 g/mol. The van der Waals surface area contributed by atoms with Crippen LogP contribution in [0.15, 0.2) is 65.3 Å². The summed E-state index contributed by atoms with van der Waals surface area (Å²) < 4.78 is 29.3. The van der Waals surface area contributed by atoms with Gasteiger partial charge >= 0.3 is 5.97 Å². The Kier molecular flexibility index (Phi) is 6.32. The Morgan fingerprint density at radius 3 is 2.82 bits per heavy atom. The lowest BCUT2D eigenvalue weighted by atomic mass is 9.91. The Bertz CT molecular complexity index is 1190. The number of benzene rings is 2. The molecule has 4 rings (SSSR count). The van der Waals surface area contributed by atoms with E-state index in [1.807, 2.05) is 31.2 Å². The smallest absolute Gasteiger partial charge is 0.303 e. The number of carbonyl (C=O) groups excluding carboxylic acids is 1. The van der Waals surface area contributed by atoms with Crippen molar-refractivity contribution < 1.29 is 26.6 Å². The van der Waals surface area contributed by atoms with Crippen molar-refractivity contribution in [3.05, 3.63) is 77.6 Å². The van der Waals surface area contributed by atoms with Gasteiger partial charge in [0.2, 0.25) is 0 Å². The highest BCUT2D eigenvalue weighted by Gasteiger charge is 2.30. The van der Waals surface area contributed by atoms with Crippen molar-refractivity contribution in [3.8, 4) is 17.1 Å². The molecule has 0 aliphatic carbocycles. The third-order valence-corrected chi connectivity index (χ3v) is 5.74.